The Kier molecular flexibility index (Phi) is 5.30. The first-order chi connectivity index (χ1) is 8.49. The van der Waals surface area contributed by atoms with Crippen molar-refractivity contribution in [3.05, 3.63) is 24.3 Å². The monoisotopic (exact) mass is 271 g/mol. The molecular weight excluding hydrogens is 254 g/mol. The highest BCUT2D eigenvalue weighted by molar-refractivity contribution is 7.91. The molecule has 0 aliphatic heterocycles. The van der Waals surface area contributed by atoms with Gasteiger partial charge in [-0.3, -0.25) is 4.79 Å². The Bertz CT molecular complexity index is 493. The van der Waals surface area contributed by atoms with Crippen LogP contribution >= 0.6 is 0 Å². The van der Waals surface area contributed by atoms with Gasteiger partial charge in [0.15, 0.2) is 9.84 Å². The number of aliphatic hydroxyl groups is 1. The maximum absolute atomic E-state index is 11.6. The number of nitrogens with one attached hydrogen (secondary N) is 1. The molecular formula is C12H17NO4S. The molecule has 1 rings (SSSR count). The van der Waals surface area contributed by atoms with Gasteiger partial charge >= 0.3 is 0 Å². The van der Waals surface area contributed by atoms with Gasteiger partial charge in [0.25, 0.3) is 0 Å². The summed E-state index contributed by atoms with van der Waals surface area (Å²) in [5.74, 6) is -0.148. The first kappa shape index (κ1) is 14.7. The summed E-state index contributed by atoms with van der Waals surface area (Å²) in [6.45, 7) is 1.56. The van der Waals surface area contributed by atoms with Crippen molar-refractivity contribution >= 4 is 21.4 Å². The summed E-state index contributed by atoms with van der Waals surface area (Å²) in [5, 5.41) is 11.2. The van der Waals surface area contributed by atoms with Crippen LogP contribution < -0.4 is 5.32 Å². The van der Waals surface area contributed by atoms with Gasteiger partial charge in [0, 0.05) is 18.7 Å². The van der Waals surface area contributed by atoms with Crippen LogP contribution in [0.5, 0.6) is 0 Å². The summed E-state index contributed by atoms with van der Waals surface area (Å²) in [7, 11) is -3.20. The van der Waals surface area contributed by atoms with E-state index in [2.05, 4.69) is 5.32 Å². The van der Waals surface area contributed by atoms with Crippen LogP contribution in [0.15, 0.2) is 29.2 Å². The normalized spacial score (nSPS) is 11.2. The van der Waals surface area contributed by atoms with Gasteiger partial charge in [0.2, 0.25) is 5.91 Å². The third kappa shape index (κ3) is 4.12. The Morgan fingerprint density at radius 2 is 1.89 bits per heavy atom. The van der Waals surface area contributed by atoms with E-state index in [-0.39, 0.29) is 29.6 Å². The maximum Gasteiger partial charge on any atom is 0.224 e. The second-order valence-corrected chi connectivity index (χ2v) is 6.08. The first-order valence-corrected chi connectivity index (χ1v) is 7.38. The number of carbonyl (C=O) groups excluding carboxylic acids is 1. The summed E-state index contributed by atoms with van der Waals surface area (Å²) < 4.78 is 23.1. The molecule has 0 spiro atoms. The lowest BCUT2D eigenvalue weighted by Crippen LogP contribution is -2.12. The number of benzene rings is 1. The number of sulfone groups is 1. The molecule has 6 heteroatoms. The summed E-state index contributed by atoms with van der Waals surface area (Å²) in [5.41, 5.74) is 0.549. The Morgan fingerprint density at radius 3 is 2.39 bits per heavy atom. The molecule has 0 unspecified atom stereocenters. The minimum atomic E-state index is -3.20. The molecule has 5 nitrogen and oxygen atoms in total. The van der Waals surface area contributed by atoms with Crippen molar-refractivity contribution in [2.75, 3.05) is 17.7 Å². The Labute approximate surface area is 107 Å². The topological polar surface area (TPSA) is 83.5 Å². The maximum atomic E-state index is 11.6. The Morgan fingerprint density at radius 1 is 1.28 bits per heavy atom. The molecule has 0 aliphatic carbocycles. The number of aliphatic hydroxyl groups excluding tert-OH is 1. The summed E-state index contributed by atoms with van der Waals surface area (Å²) in [4.78, 5) is 11.6. The van der Waals surface area contributed by atoms with Gasteiger partial charge < -0.3 is 10.4 Å². The molecule has 1 aromatic carbocycles. The van der Waals surface area contributed by atoms with Crippen molar-refractivity contribution in [2.24, 2.45) is 0 Å². The van der Waals surface area contributed by atoms with Crippen LogP contribution in [0.4, 0.5) is 5.69 Å². The highest BCUT2D eigenvalue weighted by Crippen LogP contribution is 2.15. The predicted molar refractivity (Wildman–Crippen MR) is 69.1 cm³/mol. The van der Waals surface area contributed by atoms with Gasteiger partial charge in [-0.1, -0.05) is 6.92 Å². The molecule has 0 saturated heterocycles. The second-order valence-electron chi connectivity index (χ2n) is 3.80. The third-order valence-corrected chi connectivity index (χ3v) is 4.19. The van der Waals surface area contributed by atoms with E-state index < -0.39 is 9.84 Å². The van der Waals surface area contributed by atoms with Crippen LogP contribution in [-0.4, -0.2) is 31.8 Å². The first-order valence-electron chi connectivity index (χ1n) is 5.73. The third-order valence-electron chi connectivity index (χ3n) is 2.44. The van der Waals surface area contributed by atoms with Crippen molar-refractivity contribution in [1.29, 1.82) is 0 Å². The fourth-order valence-corrected chi connectivity index (χ4v) is 2.26. The van der Waals surface area contributed by atoms with Crippen LogP contribution in [0.1, 0.15) is 19.8 Å². The molecule has 0 aromatic heterocycles. The zero-order valence-corrected chi connectivity index (χ0v) is 11.0. The van der Waals surface area contributed by atoms with Gasteiger partial charge in [-0.25, -0.2) is 8.42 Å². The van der Waals surface area contributed by atoms with Crippen LogP contribution in [0, 0.1) is 0 Å². The SMILES string of the molecule is CCS(=O)(=O)c1ccc(NC(=O)CCCO)cc1. The molecule has 18 heavy (non-hydrogen) atoms. The largest absolute Gasteiger partial charge is 0.396 e. The number of carbonyl (C=O) groups is 1. The molecule has 2 N–H and O–H groups in total. The van der Waals surface area contributed by atoms with Crippen molar-refractivity contribution in [3.8, 4) is 0 Å². The molecule has 0 saturated carbocycles. The van der Waals surface area contributed by atoms with E-state index in [1.807, 2.05) is 0 Å². The summed E-state index contributed by atoms with van der Waals surface area (Å²) >= 11 is 0. The standard InChI is InChI=1S/C12H17NO4S/c1-2-18(16,17)11-7-5-10(6-8-11)13-12(15)4-3-9-14/h5-8,14H,2-4,9H2,1H3,(H,13,15). The minimum Gasteiger partial charge on any atom is -0.396 e. The lowest BCUT2D eigenvalue weighted by molar-refractivity contribution is -0.116. The zero-order valence-electron chi connectivity index (χ0n) is 10.2. The van der Waals surface area contributed by atoms with E-state index in [0.717, 1.165) is 0 Å². The molecule has 0 bridgehead atoms. The number of amides is 1. The highest BCUT2D eigenvalue weighted by atomic mass is 32.2. The smallest absolute Gasteiger partial charge is 0.224 e. The molecule has 0 radical (unpaired) electrons. The van der Waals surface area contributed by atoms with Crippen LogP contribution in [-0.2, 0) is 14.6 Å². The van der Waals surface area contributed by atoms with E-state index in [0.29, 0.717) is 12.1 Å². The van der Waals surface area contributed by atoms with Gasteiger partial charge in [-0.15, -0.1) is 0 Å². The number of rotatable bonds is 6. The van der Waals surface area contributed by atoms with E-state index in [4.69, 9.17) is 5.11 Å². The fraction of sp³-hybridized carbons (Fsp3) is 0.417. The molecule has 0 aliphatic rings. The van der Waals surface area contributed by atoms with Crippen molar-refractivity contribution in [2.45, 2.75) is 24.7 Å². The fourth-order valence-electron chi connectivity index (χ4n) is 1.38. The highest BCUT2D eigenvalue weighted by Gasteiger charge is 2.11. The van der Waals surface area contributed by atoms with Crippen molar-refractivity contribution in [1.82, 2.24) is 0 Å². The second kappa shape index (κ2) is 6.51. The van der Waals surface area contributed by atoms with E-state index >= 15 is 0 Å². The zero-order chi connectivity index (χ0) is 13.6. The van der Waals surface area contributed by atoms with Gasteiger partial charge in [-0.05, 0) is 30.7 Å². The van der Waals surface area contributed by atoms with Crippen molar-refractivity contribution < 1.29 is 18.3 Å². The minimum absolute atomic E-state index is 0.0267. The molecule has 0 heterocycles. The molecule has 0 atom stereocenters. The molecule has 1 aromatic rings. The van der Waals surface area contributed by atoms with E-state index in [9.17, 15) is 13.2 Å². The van der Waals surface area contributed by atoms with Crippen LogP contribution in [0.2, 0.25) is 0 Å². The Hall–Kier alpha value is -1.40. The lowest BCUT2D eigenvalue weighted by Gasteiger charge is -2.06. The predicted octanol–water partition coefficient (Wildman–Crippen LogP) is 1.19. The van der Waals surface area contributed by atoms with Crippen LogP contribution in [0.25, 0.3) is 0 Å². The van der Waals surface area contributed by atoms with Crippen molar-refractivity contribution in [3.63, 3.8) is 0 Å². The quantitative estimate of drug-likeness (QED) is 0.814. The summed E-state index contributed by atoms with van der Waals surface area (Å²) in [6, 6.07) is 6.06. The van der Waals surface area contributed by atoms with E-state index in [1.165, 1.54) is 12.1 Å². The average Bonchev–Trinajstić information content (AvgIpc) is 2.37. The molecule has 0 fully saturated rings. The Balaban J connectivity index is 2.69. The lowest BCUT2D eigenvalue weighted by atomic mass is 10.3. The summed E-state index contributed by atoms with van der Waals surface area (Å²) in [6.07, 6.45) is 0.652. The average molecular weight is 271 g/mol. The number of anilines is 1. The molecule has 100 valence electrons. The van der Waals surface area contributed by atoms with Gasteiger partial charge in [-0.2, -0.15) is 0 Å². The van der Waals surface area contributed by atoms with Gasteiger partial charge in [0.1, 0.15) is 0 Å². The van der Waals surface area contributed by atoms with E-state index in [1.54, 1.807) is 19.1 Å². The van der Waals surface area contributed by atoms with Gasteiger partial charge in [0.05, 0.1) is 10.6 Å². The van der Waals surface area contributed by atoms with Crippen LogP contribution in [0.3, 0.4) is 0 Å². The number of hydrogen-bond donors (Lipinski definition) is 2. The number of hydrogen-bond acceptors (Lipinski definition) is 4. The molecule has 1 amide bonds.